The zero-order chi connectivity index (χ0) is 17.5. The van der Waals surface area contributed by atoms with Crippen LogP contribution in [0, 0.1) is 6.92 Å². The topological polar surface area (TPSA) is 66.9 Å². The average molecular weight is 336 g/mol. The number of aromatic nitrogens is 2. The van der Waals surface area contributed by atoms with E-state index in [2.05, 4.69) is 26.7 Å². The molecule has 3 rings (SSSR count). The van der Waals surface area contributed by atoms with E-state index in [1.54, 1.807) is 12.3 Å². The number of anilines is 2. The maximum Gasteiger partial charge on any atom is 0.274 e. The highest BCUT2D eigenvalue weighted by molar-refractivity contribution is 6.03. The van der Waals surface area contributed by atoms with Gasteiger partial charge in [0.1, 0.15) is 5.69 Å². The second kappa shape index (κ2) is 8.42. The molecule has 5 heteroatoms. The highest BCUT2D eigenvalue weighted by Gasteiger charge is 2.10. The number of nitrogens with zero attached hydrogens (tertiary/aromatic N) is 2. The number of hydrogen-bond donors (Lipinski definition) is 2. The number of carbonyl (C=O) groups excluding carboxylic acids is 1. The predicted octanol–water partition coefficient (Wildman–Crippen LogP) is 4.34. The number of allylic oxidation sites excluding steroid dienone is 1. The van der Waals surface area contributed by atoms with Crippen LogP contribution in [-0.2, 0) is 0 Å². The van der Waals surface area contributed by atoms with Gasteiger partial charge in [-0.25, -0.2) is 9.97 Å². The third kappa shape index (κ3) is 4.89. The molecule has 0 saturated carbocycles. The van der Waals surface area contributed by atoms with Gasteiger partial charge < -0.3 is 10.6 Å². The third-order valence-electron chi connectivity index (χ3n) is 4.40. The van der Waals surface area contributed by atoms with Crippen LogP contribution in [0.5, 0.6) is 0 Å². The normalized spacial score (nSPS) is 13.9. The van der Waals surface area contributed by atoms with Crippen molar-refractivity contribution in [3.63, 3.8) is 0 Å². The number of aryl methyl sites for hydroxylation is 1. The molecule has 1 heterocycles. The highest BCUT2D eigenvalue weighted by Crippen LogP contribution is 2.20. The third-order valence-corrected chi connectivity index (χ3v) is 4.40. The fourth-order valence-corrected chi connectivity index (χ4v) is 2.94. The summed E-state index contributed by atoms with van der Waals surface area (Å²) in [6.45, 7) is 2.75. The van der Waals surface area contributed by atoms with Gasteiger partial charge in [0.25, 0.3) is 5.91 Å². The SMILES string of the molecule is Cc1ccccc1NC(=O)c1ccnc(NCCC2=CCCCC2)n1. The van der Waals surface area contributed by atoms with Crippen molar-refractivity contribution in [2.75, 3.05) is 17.2 Å². The van der Waals surface area contributed by atoms with E-state index >= 15 is 0 Å². The van der Waals surface area contributed by atoms with Gasteiger partial charge in [-0.3, -0.25) is 4.79 Å². The molecule has 0 aliphatic heterocycles. The van der Waals surface area contributed by atoms with Crippen molar-refractivity contribution < 1.29 is 4.79 Å². The van der Waals surface area contributed by atoms with Crippen LogP contribution < -0.4 is 10.6 Å². The van der Waals surface area contributed by atoms with Crippen LogP contribution in [0.1, 0.15) is 48.2 Å². The van der Waals surface area contributed by atoms with Gasteiger partial charge in [-0.2, -0.15) is 0 Å². The predicted molar refractivity (Wildman–Crippen MR) is 101 cm³/mol. The van der Waals surface area contributed by atoms with Gasteiger partial charge in [0.05, 0.1) is 0 Å². The lowest BCUT2D eigenvalue weighted by atomic mass is 9.97. The zero-order valence-electron chi connectivity index (χ0n) is 14.6. The molecule has 1 aliphatic rings. The summed E-state index contributed by atoms with van der Waals surface area (Å²) in [7, 11) is 0. The summed E-state index contributed by atoms with van der Waals surface area (Å²) in [5.41, 5.74) is 3.68. The molecule has 0 saturated heterocycles. The van der Waals surface area contributed by atoms with Crippen molar-refractivity contribution in [1.82, 2.24) is 9.97 Å². The van der Waals surface area contributed by atoms with Crippen molar-refractivity contribution in [1.29, 1.82) is 0 Å². The van der Waals surface area contributed by atoms with Gasteiger partial charge >= 0.3 is 0 Å². The molecule has 2 N–H and O–H groups in total. The Labute approximate surface area is 148 Å². The maximum atomic E-state index is 12.4. The lowest BCUT2D eigenvalue weighted by Crippen LogP contribution is -2.16. The molecule has 25 heavy (non-hydrogen) atoms. The van der Waals surface area contributed by atoms with E-state index in [1.807, 2.05) is 31.2 Å². The lowest BCUT2D eigenvalue weighted by Gasteiger charge is -2.13. The Bertz CT molecular complexity index is 770. The molecule has 5 nitrogen and oxygen atoms in total. The molecule has 0 atom stereocenters. The van der Waals surface area contributed by atoms with Crippen molar-refractivity contribution in [2.45, 2.75) is 39.0 Å². The van der Waals surface area contributed by atoms with Crippen LogP contribution >= 0.6 is 0 Å². The van der Waals surface area contributed by atoms with Gasteiger partial charge in [-0.1, -0.05) is 29.8 Å². The number of para-hydroxylation sites is 1. The summed E-state index contributed by atoms with van der Waals surface area (Å²) in [5.74, 6) is 0.267. The molecule has 0 spiro atoms. The Hall–Kier alpha value is -2.69. The van der Waals surface area contributed by atoms with Gasteiger partial charge in [0.15, 0.2) is 0 Å². The van der Waals surface area contributed by atoms with Crippen molar-refractivity contribution >= 4 is 17.5 Å². The molecule has 0 radical (unpaired) electrons. The second-order valence-electron chi connectivity index (χ2n) is 6.32. The number of amides is 1. The Morgan fingerprint density at radius 1 is 1.20 bits per heavy atom. The smallest absolute Gasteiger partial charge is 0.274 e. The van der Waals surface area contributed by atoms with Crippen LogP contribution in [-0.4, -0.2) is 22.4 Å². The van der Waals surface area contributed by atoms with Crippen molar-refractivity contribution in [3.8, 4) is 0 Å². The van der Waals surface area contributed by atoms with Gasteiger partial charge in [-0.05, 0) is 56.7 Å². The molecular weight excluding hydrogens is 312 g/mol. The Morgan fingerprint density at radius 3 is 2.88 bits per heavy atom. The number of hydrogen-bond acceptors (Lipinski definition) is 4. The largest absolute Gasteiger partial charge is 0.354 e. The molecule has 130 valence electrons. The Balaban J connectivity index is 1.58. The van der Waals surface area contributed by atoms with Gasteiger partial charge in [0, 0.05) is 18.4 Å². The standard InChI is InChI=1S/C20H24N4O/c1-15-7-5-6-10-17(15)23-19(25)18-12-14-22-20(24-18)21-13-11-16-8-3-2-4-9-16/h5-8,10,12,14H,2-4,9,11,13H2,1H3,(H,23,25)(H,21,22,24). The first-order chi connectivity index (χ1) is 12.2. The molecule has 1 aromatic heterocycles. The molecular formula is C20H24N4O. The molecule has 0 fully saturated rings. The minimum absolute atomic E-state index is 0.227. The molecule has 1 aromatic carbocycles. The summed E-state index contributed by atoms with van der Waals surface area (Å²) in [5, 5.41) is 6.11. The van der Waals surface area contributed by atoms with Crippen LogP contribution in [0.15, 0.2) is 48.2 Å². The number of benzene rings is 1. The number of rotatable bonds is 6. The lowest BCUT2D eigenvalue weighted by molar-refractivity contribution is 0.102. The minimum atomic E-state index is -0.227. The molecule has 2 aromatic rings. The molecule has 0 bridgehead atoms. The quantitative estimate of drug-likeness (QED) is 0.770. The molecule has 1 aliphatic carbocycles. The monoisotopic (exact) mass is 336 g/mol. The Morgan fingerprint density at radius 2 is 2.08 bits per heavy atom. The van der Waals surface area contributed by atoms with Crippen LogP contribution in [0.25, 0.3) is 0 Å². The van der Waals surface area contributed by atoms with Crippen LogP contribution in [0.3, 0.4) is 0 Å². The van der Waals surface area contributed by atoms with Gasteiger partial charge in [-0.15, -0.1) is 0 Å². The maximum absolute atomic E-state index is 12.4. The van der Waals surface area contributed by atoms with E-state index in [9.17, 15) is 4.79 Å². The Kier molecular flexibility index (Phi) is 5.77. The highest BCUT2D eigenvalue weighted by atomic mass is 16.1. The summed E-state index contributed by atoms with van der Waals surface area (Å²) in [6, 6.07) is 9.31. The van der Waals surface area contributed by atoms with Crippen LogP contribution in [0.2, 0.25) is 0 Å². The van der Waals surface area contributed by atoms with E-state index in [0.717, 1.165) is 24.2 Å². The van der Waals surface area contributed by atoms with Crippen molar-refractivity contribution in [3.05, 3.63) is 59.4 Å². The first-order valence-corrected chi connectivity index (χ1v) is 8.84. The van der Waals surface area contributed by atoms with E-state index in [-0.39, 0.29) is 5.91 Å². The molecule has 1 amide bonds. The van der Waals surface area contributed by atoms with Gasteiger partial charge in [0.2, 0.25) is 5.95 Å². The first kappa shape index (κ1) is 17.1. The summed E-state index contributed by atoms with van der Waals surface area (Å²) in [6.07, 6.45) is 9.94. The fourth-order valence-electron chi connectivity index (χ4n) is 2.94. The van der Waals surface area contributed by atoms with Crippen molar-refractivity contribution in [2.24, 2.45) is 0 Å². The van der Waals surface area contributed by atoms with Crippen LogP contribution in [0.4, 0.5) is 11.6 Å². The van der Waals surface area contributed by atoms with E-state index in [4.69, 9.17) is 0 Å². The minimum Gasteiger partial charge on any atom is -0.354 e. The summed E-state index contributed by atoms with van der Waals surface area (Å²) in [4.78, 5) is 20.9. The summed E-state index contributed by atoms with van der Waals surface area (Å²) < 4.78 is 0. The number of nitrogens with one attached hydrogen (secondary N) is 2. The van der Waals surface area contributed by atoms with E-state index < -0.39 is 0 Å². The second-order valence-corrected chi connectivity index (χ2v) is 6.32. The first-order valence-electron chi connectivity index (χ1n) is 8.84. The fraction of sp³-hybridized carbons (Fsp3) is 0.350. The zero-order valence-corrected chi connectivity index (χ0v) is 14.6. The summed E-state index contributed by atoms with van der Waals surface area (Å²) >= 11 is 0. The van der Waals surface area contributed by atoms with E-state index in [0.29, 0.717) is 11.6 Å². The van der Waals surface area contributed by atoms with E-state index in [1.165, 1.54) is 31.3 Å². The number of carbonyl (C=O) groups is 1. The molecule has 0 unspecified atom stereocenters. The average Bonchev–Trinajstić information content (AvgIpc) is 2.65.